The number of nitrogens with one attached hydrogen (secondary N) is 2. The van der Waals surface area contributed by atoms with Gasteiger partial charge in [-0.05, 0) is 74.0 Å². The molecule has 172 valence electrons. The Balaban J connectivity index is 1.46. The Labute approximate surface area is 199 Å². The largest absolute Gasteiger partial charge is 0.350 e. The smallest absolute Gasteiger partial charge is 0.261 e. The van der Waals surface area contributed by atoms with E-state index in [1.807, 2.05) is 24.3 Å². The van der Waals surface area contributed by atoms with Crippen LogP contribution >= 0.6 is 11.6 Å². The summed E-state index contributed by atoms with van der Waals surface area (Å²) in [4.78, 5) is 15.4. The quantitative estimate of drug-likeness (QED) is 0.486. The van der Waals surface area contributed by atoms with Crippen molar-refractivity contribution >= 4 is 33.2 Å². The molecule has 1 unspecified atom stereocenters. The lowest BCUT2D eigenvalue weighted by Gasteiger charge is -2.28. The van der Waals surface area contributed by atoms with Crippen molar-refractivity contribution in [3.05, 3.63) is 95.0 Å². The first kappa shape index (κ1) is 23.3. The fraction of sp³-hybridized carbons (Fsp3) is 0.240. The zero-order valence-corrected chi connectivity index (χ0v) is 19.6. The molecule has 1 aliphatic rings. The molecule has 0 bridgehead atoms. The average Bonchev–Trinajstić information content (AvgIpc) is 3.34. The number of hydrogen-bond donors (Lipinski definition) is 2. The van der Waals surface area contributed by atoms with E-state index in [1.165, 1.54) is 12.1 Å². The number of likely N-dealkylation sites (tertiary alicyclic amines) is 1. The summed E-state index contributed by atoms with van der Waals surface area (Å²) < 4.78 is 27.7. The van der Waals surface area contributed by atoms with E-state index >= 15 is 0 Å². The predicted octanol–water partition coefficient (Wildman–Crippen LogP) is 4.71. The van der Waals surface area contributed by atoms with E-state index in [4.69, 9.17) is 11.6 Å². The molecule has 4 rings (SSSR count). The summed E-state index contributed by atoms with van der Waals surface area (Å²) in [5.41, 5.74) is 1.78. The van der Waals surface area contributed by atoms with Gasteiger partial charge < -0.3 is 5.32 Å². The van der Waals surface area contributed by atoms with Crippen molar-refractivity contribution in [2.75, 3.05) is 24.4 Å². The zero-order valence-electron chi connectivity index (χ0n) is 18.1. The second kappa shape index (κ2) is 10.4. The summed E-state index contributed by atoms with van der Waals surface area (Å²) in [5.74, 6) is -0.262. The highest BCUT2D eigenvalue weighted by Gasteiger charge is 2.24. The number of amides is 1. The summed E-state index contributed by atoms with van der Waals surface area (Å²) in [6.45, 7) is 2.38. The Morgan fingerprint density at radius 1 is 0.939 bits per heavy atom. The van der Waals surface area contributed by atoms with Crippen molar-refractivity contribution in [3.63, 3.8) is 0 Å². The fourth-order valence-electron chi connectivity index (χ4n) is 4.05. The van der Waals surface area contributed by atoms with Crippen LogP contribution in [-0.4, -0.2) is 38.9 Å². The monoisotopic (exact) mass is 483 g/mol. The molecule has 33 heavy (non-hydrogen) atoms. The maximum Gasteiger partial charge on any atom is 0.261 e. The third-order valence-electron chi connectivity index (χ3n) is 5.70. The molecule has 0 aliphatic carbocycles. The molecular formula is C25H26ClN3O3S. The number of anilines is 1. The molecule has 8 heteroatoms. The summed E-state index contributed by atoms with van der Waals surface area (Å²) in [6.07, 6.45) is 2.27. The summed E-state index contributed by atoms with van der Waals surface area (Å²) in [5, 5.41) is 3.68. The molecule has 0 spiro atoms. The molecule has 1 amide bonds. The van der Waals surface area contributed by atoms with E-state index in [9.17, 15) is 13.2 Å². The highest BCUT2D eigenvalue weighted by Crippen LogP contribution is 2.26. The van der Waals surface area contributed by atoms with E-state index in [0.29, 0.717) is 22.8 Å². The summed E-state index contributed by atoms with van der Waals surface area (Å²) in [7, 11) is -3.73. The Kier molecular flexibility index (Phi) is 7.33. The Hall–Kier alpha value is -2.87. The van der Waals surface area contributed by atoms with E-state index in [0.717, 1.165) is 31.5 Å². The molecule has 0 aromatic heterocycles. The summed E-state index contributed by atoms with van der Waals surface area (Å²) in [6, 6.07) is 22.4. The first-order chi connectivity index (χ1) is 15.9. The van der Waals surface area contributed by atoms with Crippen LogP contribution in [0.25, 0.3) is 0 Å². The van der Waals surface area contributed by atoms with Crippen molar-refractivity contribution in [1.29, 1.82) is 0 Å². The van der Waals surface area contributed by atoms with Gasteiger partial charge in [-0.15, -0.1) is 0 Å². The fourth-order valence-corrected chi connectivity index (χ4v) is 5.32. The minimum atomic E-state index is -3.73. The molecular weight excluding hydrogens is 458 g/mol. The first-order valence-electron chi connectivity index (χ1n) is 10.9. The molecule has 2 N–H and O–H groups in total. The molecule has 1 atom stereocenters. The number of rotatable bonds is 8. The molecule has 3 aromatic rings. The van der Waals surface area contributed by atoms with Crippen molar-refractivity contribution in [2.24, 2.45) is 0 Å². The minimum absolute atomic E-state index is 0.0231. The van der Waals surface area contributed by atoms with Crippen LogP contribution in [0.2, 0.25) is 5.02 Å². The van der Waals surface area contributed by atoms with Gasteiger partial charge in [-0.1, -0.05) is 48.0 Å². The van der Waals surface area contributed by atoms with Crippen LogP contribution in [-0.2, 0) is 10.0 Å². The van der Waals surface area contributed by atoms with Gasteiger partial charge in [0.15, 0.2) is 0 Å². The number of carbonyl (C=O) groups excluding carboxylic acids is 1. The van der Waals surface area contributed by atoms with E-state index in [2.05, 4.69) is 14.9 Å². The highest BCUT2D eigenvalue weighted by atomic mass is 35.5. The number of halogens is 1. The van der Waals surface area contributed by atoms with E-state index in [1.54, 1.807) is 42.5 Å². The standard InChI is InChI=1S/C25H26ClN3O3S/c26-21-10-6-8-19(16-21)24(29-14-4-5-15-29)18-27-25(30)20-9-7-11-22(17-20)28-33(31,32)23-12-2-1-3-13-23/h1-3,6-13,16-17,24,28H,4-5,14-15,18H2,(H,27,30). The molecule has 0 radical (unpaired) electrons. The van der Waals surface area contributed by atoms with Gasteiger partial charge in [0.2, 0.25) is 0 Å². The molecule has 1 aliphatic heterocycles. The van der Waals surface area contributed by atoms with Crippen LogP contribution in [0.1, 0.15) is 34.8 Å². The SMILES string of the molecule is O=C(NCC(c1cccc(Cl)c1)N1CCCC1)c1cccc(NS(=O)(=O)c2ccccc2)c1. The zero-order chi connectivity index (χ0) is 23.3. The lowest BCUT2D eigenvalue weighted by molar-refractivity contribution is 0.0938. The lowest BCUT2D eigenvalue weighted by Crippen LogP contribution is -2.36. The Morgan fingerprint density at radius 2 is 1.67 bits per heavy atom. The van der Waals surface area contributed by atoms with Gasteiger partial charge in [-0.2, -0.15) is 0 Å². The van der Waals surface area contributed by atoms with E-state index in [-0.39, 0.29) is 16.8 Å². The molecule has 0 saturated carbocycles. The van der Waals surface area contributed by atoms with Crippen LogP contribution < -0.4 is 10.0 Å². The van der Waals surface area contributed by atoms with Crippen LogP contribution in [0.15, 0.2) is 83.8 Å². The normalized spacial score (nSPS) is 15.2. The second-order valence-corrected chi connectivity index (χ2v) is 10.1. The maximum atomic E-state index is 12.9. The second-order valence-electron chi connectivity index (χ2n) is 8.02. The molecule has 6 nitrogen and oxygen atoms in total. The highest BCUT2D eigenvalue weighted by molar-refractivity contribution is 7.92. The van der Waals surface area contributed by atoms with Crippen LogP contribution in [0.5, 0.6) is 0 Å². The number of benzene rings is 3. The third-order valence-corrected chi connectivity index (χ3v) is 7.33. The van der Waals surface area contributed by atoms with Gasteiger partial charge in [-0.3, -0.25) is 14.4 Å². The Morgan fingerprint density at radius 3 is 2.39 bits per heavy atom. The van der Waals surface area contributed by atoms with Gasteiger partial charge in [-0.25, -0.2) is 8.42 Å². The average molecular weight is 484 g/mol. The number of carbonyl (C=O) groups is 1. The van der Waals surface area contributed by atoms with Gasteiger partial charge in [0.1, 0.15) is 0 Å². The van der Waals surface area contributed by atoms with Gasteiger partial charge in [0.25, 0.3) is 15.9 Å². The molecule has 1 heterocycles. The minimum Gasteiger partial charge on any atom is -0.350 e. The van der Waals surface area contributed by atoms with Crippen LogP contribution in [0.3, 0.4) is 0 Å². The molecule has 3 aromatic carbocycles. The molecule has 1 saturated heterocycles. The first-order valence-corrected chi connectivity index (χ1v) is 12.7. The van der Waals surface area contributed by atoms with E-state index < -0.39 is 10.0 Å². The van der Waals surface area contributed by atoms with Crippen LogP contribution in [0.4, 0.5) is 5.69 Å². The topological polar surface area (TPSA) is 78.5 Å². The third kappa shape index (κ3) is 5.93. The van der Waals surface area contributed by atoms with Crippen molar-refractivity contribution < 1.29 is 13.2 Å². The number of sulfonamides is 1. The van der Waals surface area contributed by atoms with Gasteiger partial charge in [0, 0.05) is 22.8 Å². The Bertz CT molecular complexity index is 1210. The lowest BCUT2D eigenvalue weighted by atomic mass is 10.1. The predicted molar refractivity (Wildman–Crippen MR) is 131 cm³/mol. The maximum absolute atomic E-state index is 12.9. The number of nitrogens with zero attached hydrogens (tertiary/aromatic N) is 1. The molecule has 1 fully saturated rings. The van der Waals surface area contributed by atoms with Crippen molar-refractivity contribution in [1.82, 2.24) is 10.2 Å². The summed E-state index contributed by atoms with van der Waals surface area (Å²) >= 11 is 6.21. The van der Waals surface area contributed by atoms with Gasteiger partial charge in [0.05, 0.1) is 10.9 Å². The van der Waals surface area contributed by atoms with Crippen molar-refractivity contribution in [2.45, 2.75) is 23.8 Å². The van der Waals surface area contributed by atoms with Crippen molar-refractivity contribution in [3.8, 4) is 0 Å². The number of hydrogen-bond acceptors (Lipinski definition) is 4. The van der Waals surface area contributed by atoms with Crippen LogP contribution in [0, 0.1) is 0 Å². The van der Waals surface area contributed by atoms with Gasteiger partial charge >= 0.3 is 0 Å².